The molecule has 1 amide bonds. The van der Waals surface area contributed by atoms with Crippen LogP contribution in [-0.4, -0.2) is 35.1 Å². The highest BCUT2D eigenvalue weighted by atomic mass is 16.5. The van der Waals surface area contributed by atoms with E-state index in [1.54, 1.807) is 37.3 Å². The molecule has 0 atom stereocenters. The van der Waals surface area contributed by atoms with E-state index in [-0.39, 0.29) is 5.91 Å². The van der Waals surface area contributed by atoms with Gasteiger partial charge in [0.25, 0.3) is 5.91 Å². The molecule has 2 aromatic heterocycles. The van der Waals surface area contributed by atoms with Gasteiger partial charge >= 0.3 is 0 Å². The van der Waals surface area contributed by atoms with Gasteiger partial charge in [-0.05, 0) is 43.3 Å². The van der Waals surface area contributed by atoms with Crippen LogP contribution in [0.5, 0.6) is 5.75 Å². The monoisotopic (exact) mass is 377 g/mol. The summed E-state index contributed by atoms with van der Waals surface area (Å²) in [4.78, 5) is 18.8. The van der Waals surface area contributed by atoms with Crippen LogP contribution in [0.4, 0.5) is 0 Å². The van der Waals surface area contributed by atoms with Crippen LogP contribution in [0.2, 0.25) is 0 Å². The molecule has 0 radical (unpaired) electrons. The van der Waals surface area contributed by atoms with Crippen LogP contribution in [-0.2, 0) is 6.54 Å². The van der Waals surface area contributed by atoms with Crippen LogP contribution >= 0.6 is 0 Å². The Labute approximate surface area is 161 Å². The van der Waals surface area contributed by atoms with Crippen LogP contribution in [0.3, 0.4) is 0 Å². The molecule has 7 heteroatoms. The van der Waals surface area contributed by atoms with E-state index in [9.17, 15) is 4.79 Å². The highest BCUT2D eigenvalue weighted by Crippen LogP contribution is 2.27. The summed E-state index contributed by atoms with van der Waals surface area (Å²) in [5, 5.41) is 3.93. The van der Waals surface area contributed by atoms with E-state index in [0.29, 0.717) is 40.6 Å². The normalized spacial score (nSPS) is 11.0. The lowest BCUT2D eigenvalue weighted by Gasteiger charge is -2.15. The SMILES string of the molecule is COc1cccc(-c2nc3ccc(C(=O)N(C)Cc4cc(C)on4)cc3o2)c1. The molecule has 0 aliphatic rings. The van der Waals surface area contributed by atoms with Gasteiger partial charge in [-0.2, -0.15) is 0 Å². The topological polar surface area (TPSA) is 81.6 Å². The van der Waals surface area contributed by atoms with E-state index in [4.69, 9.17) is 13.7 Å². The van der Waals surface area contributed by atoms with Crippen LogP contribution < -0.4 is 4.74 Å². The Kier molecular flexibility index (Phi) is 4.57. The minimum absolute atomic E-state index is 0.137. The van der Waals surface area contributed by atoms with Crippen LogP contribution in [0.1, 0.15) is 21.8 Å². The van der Waals surface area contributed by atoms with Crippen LogP contribution in [0.25, 0.3) is 22.6 Å². The minimum Gasteiger partial charge on any atom is -0.497 e. The summed E-state index contributed by atoms with van der Waals surface area (Å²) in [5.41, 5.74) is 3.26. The van der Waals surface area contributed by atoms with Crippen molar-refractivity contribution in [2.75, 3.05) is 14.2 Å². The van der Waals surface area contributed by atoms with E-state index >= 15 is 0 Å². The van der Waals surface area contributed by atoms with Gasteiger partial charge in [-0.3, -0.25) is 4.79 Å². The number of rotatable bonds is 5. The first-order chi connectivity index (χ1) is 13.5. The smallest absolute Gasteiger partial charge is 0.254 e. The highest BCUT2D eigenvalue weighted by molar-refractivity contribution is 5.97. The summed E-state index contributed by atoms with van der Waals surface area (Å²) in [6.07, 6.45) is 0. The van der Waals surface area contributed by atoms with Gasteiger partial charge in [0.2, 0.25) is 5.89 Å². The highest BCUT2D eigenvalue weighted by Gasteiger charge is 2.16. The van der Waals surface area contributed by atoms with Crippen molar-refractivity contribution in [1.29, 1.82) is 0 Å². The molecule has 0 spiro atoms. The summed E-state index contributed by atoms with van der Waals surface area (Å²) >= 11 is 0. The van der Waals surface area contributed by atoms with Crippen molar-refractivity contribution in [2.45, 2.75) is 13.5 Å². The zero-order valence-corrected chi connectivity index (χ0v) is 15.8. The Hall–Kier alpha value is -3.61. The zero-order valence-electron chi connectivity index (χ0n) is 15.8. The number of nitrogens with zero attached hydrogens (tertiary/aromatic N) is 3. The minimum atomic E-state index is -0.137. The Morgan fingerprint density at radius 3 is 2.79 bits per heavy atom. The van der Waals surface area contributed by atoms with Crippen molar-refractivity contribution in [3.63, 3.8) is 0 Å². The molecule has 0 saturated heterocycles. The predicted molar refractivity (Wildman–Crippen MR) is 103 cm³/mol. The second-order valence-corrected chi connectivity index (χ2v) is 6.52. The van der Waals surface area contributed by atoms with Gasteiger partial charge in [-0.25, -0.2) is 4.98 Å². The van der Waals surface area contributed by atoms with Gasteiger partial charge < -0.3 is 18.6 Å². The molecule has 7 nitrogen and oxygen atoms in total. The number of methoxy groups -OCH3 is 1. The van der Waals surface area contributed by atoms with Crippen LogP contribution in [0, 0.1) is 6.92 Å². The number of ether oxygens (including phenoxy) is 1. The lowest BCUT2D eigenvalue weighted by molar-refractivity contribution is 0.0782. The number of aromatic nitrogens is 2. The Balaban J connectivity index is 1.59. The number of benzene rings is 2. The number of oxazole rings is 1. The summed E-state index contributed by atoms with van der Waals surface area (Å²) < 4.78 is 16.2. The molecule has 0 aliphatic carbocycles. The first-order valence-corrected chi connectivity index (χ1v) is 8.76. The van der Waals surface area contributed by atoms with Crippen LogP contribution in [0.15, 0.2) is 57.5 Å². The third kappa shape index (κ3) is 3.46. The molecule has 0 bridgehead atoms. The standard InChI is InChI=1S/C21H19N3O4/c1-13-9-16(23-28-13)12-24(2)21(25)15-7-8-18-19(11-15)27-20(22-18)14-5-4-6-17(10-14)26-3/h4-11H,12H2,1-3H3. The molecule has 142 valence electrons. The Morgan fingerprint density at radius 1 is 1.18 bits per heavy atom. The fourth-order valence-corrected chi connectivity index (χ4v) is 2.96. The van der Waals surface area contributed by atoms with E-state index in [1.807, 2.05) is 37.3 Å². The fraction of sp³-hybridized carbons (Fsp3) is 0.190. The second kappa shape index (κ2) is 7.19. The van der Waals surface area contributed by atoms with Gasteiger partial charge in [0.15, 0.2) is 5.58 Å². The molecule has 4 rings (SSSR count). The van der Waals surface area contributed by atoms with E-state index in [1.165, 1.54) is 0 Å². The number of hydrogen-bond acceptors (Lipinski definition) is 6. The second-order valence-electron chi connectivity index (χ2n) is 6.52. The molecular formula is C21H19N3O4. The summed E-state index contributed by atoms with van der Waals surface area (Å²) in [6, 6.07) is 14.5. The first-order valence-electron chi connectivity index (χ1n) is 8.76. The molecule has 0 fully saturated rings. The quantitative estimate of drug-likeness (QED) is 0.521. The number of hydrogen-bond donors (Lipinski definition) is 0. The average molecular weight is 377 g/mol. The van der Waals surface area contributed by atoms with Crippen molar-refractivity contribution in [3.05, 3.63) is 65.5 Å². The third-order valence-electron chi connectivity index (χ3n) is 4.37. The lowest BCUT2D eigenvalue weighted by atomic mass is 10.2. The summed E-state index contributed by atoms with van der Waals surface area (Å²) in [5.74, 6) is 1.77. The molecule has 0 saturated carbocycles. The summed E-state index contributed by atoms with van der Waals surface area (Å²) in [6.45, 7) is 2.18. The molecule has 2 aromatic carbocycles. The van der Waals surface area contributed by atoms with Gasteiger partial charge in [0, 0.05) is 24.2 Å². The molecule has 0 unspecified atom stereocenters. The van der Waals surface area contributed by atoms with Crippen molar-refractivity contribution in [3.8, 4) is 17.2 Å². The number of aryl methyl sites for hydroxylation is 1. The molecule has 0 N–H and O–H groups in total. The molecule has 4 aromatic rings. The van der Waals surface area contributed by atoms with Gasteiger partial charge in [-0.15, -0.1) is 0 Å². The number of carbonyl (C=O) groups excluding carboxylic acids is 1. The average Bonchev–Trinajstić information content (AvgIpc) is 3.32. The van der Waals surface area contributed by atoms with E-state index < -0.39 is 0 Å². The lowest BCUT2D eigenvalue weighted by Crippen LogP contribution is -2.26. The first kappa shape index (κ1) is 17.8. The maximum Gasteiger partial charge on any atom is 0.254 e. The van der Waals surface area contributed by atoms with Crippen molar-refractivity contribution in [1.82, 2.24) is 15.0 Å². The maximum atomic E-state index is 12.7. The number of amides is 1. The number of fused-ring (bicyclic) bond motifs is 1. The molecule has 28 heavy (non-hydrogen) atoms. The third-order valence-corrected chi connectivity index (χ3v) is 4.37. The Bertz CT molecular complexity index is 1150. The van der Waals surface area contributed by atoms with E-state index in [2.05, 4.69) is 10.1 Å². The van der Waals surface area contributed by atoms with E-state index in [0.717, 1.165) is 11.3 Å². The van der Waals surface area contributed by atoms with Gasteiger partial charge in [0.1, 0.15) is 22.7 Å². The summed E-state index contributed by atoms with van der Waals surface area (Å²) in [7, 11) is 3.33. The van der Waals surface area contributed by atoms with Gasteiger partial charge in [0.05, 0.1) is 13.7 Å². The molecular weight excluding hydrogens is 358 g/mol. The zero-order chi connectivity index (χ0) is 19.7. The maximum absolute atomic E-state index is 12.7. The fourth-order valence-electron chi connectivity index (χ4n) is 2.96. The van der Waals surface area contributed by atoms with Gasteiger partial charge in [-0.1, -0.05) is 11.2 Å². The predicted octanol–water partition coefficient (Wildman–Crippen LogP) is 4.07. The Morgan fingerprint density at radius 2 is 2.04 bits per heavy atom. The van der Waals surface area contributed by atoms with Crippen molar-refractivity contribution >= 4 is 17.0 Å². The van der Waals surface area contributed by atoms with Crippen molar-refractivity contribution < 1.29 is 18.5 Å². The number of carbonyl (C=O) groups is 1. The molecule has 2 heterocycles. The molecule has 0 aliphatic heterocycles. The largest absolute Gasteiger partial charge is 0.497 e. The van der Waals surface area contributed by atoms with Crippen molar-refractivity contribution in [2.24, 2.45) is 0 Å².